The summed E-state index contributed by atoms with van der Waals surface area (Å²) in [5.41, 5.74) is 0.241. The molecule has 0 saturated carbocycles. The Balaban J connectivity index is 2.69. The molecule has 0 radical (unpaired) electrons. The van der Waals surface area contributed by atoms with Gasteiger partial charge in [0.25, 0.3) is 5.91 Å². The molecule has 0 bridgehead atoms. The van der Waals surface area contributed by atoms with Gasteiger partial charge in [-0.2, -0.15) is 0 Å². The normalized spacial score (nSPS) is 11.7. The highest BCUT2D eigenvalue weighted by molar-refractivity contribution is 9.10. The average molecular weight is 287 g/mol. The van der Waals surface area contributed by atoms with Crippen LogP contribution in [0.1, 0.15) is 17.4 Å². The predicted octanol–water partition coefficient (Wildman–Crippen LogP) is 1.14. The van der Waals surface area contributed by atoms with Gasteiger partial charge in [-0.05, 0) is 35.0 Å². The number of hydrogen-bond acceptors (Lipinski definition) is 4. The Kier molecular flexibility index (Phi) is 4.42. The highest BCUT2D eigenvalue weighted by Crippen LogP contribution is 2.06. The molecule has 1 N–H and O–H groups in total. The van der Waals surface area contributed by atoms with E-state index in [-0.39, 0.29) is 5.69 Å². The minimum atomic E-state index is -0.696. The van der Waals surface area contributed by atoms with E-state index in [1.54, 1.807) is 25.1 Å². The number of rotatable bonds is 3. The maximum absolute atomic E-state index is 11.6. The maximum Gasteiger partial charge on any atom is 0.328 e. The van der Waals surface area contributed by atoms with Gasteiger partial charge in [-0.1, -0.05) is 6.07 Å². The van der Waals surface area contributed by atoms with Gasteiger partial charge in [0.2, 0.25) is 0 Å². The number of pyridine rings is 1. The van der Waals surface area contributed by atoms with Gasteiger partial charge < -0.3 is 10.1 Å². The van der Waals surface area contributed by atoms with Gasteiger partial charge in [-0.15, -0.1) is 0 Å². The molecular formula is C10H11BrN2O3. The number of esters is 1. The monoisotopic (exact) mass is 286 g/mol. The van der Waals surface area contributed by atoms with Crippen LogP contribution in [-0.4, -0.2) is 30.0 Å². The molecule has 1 heterocycles. The topological polar surface area (TPSA) is 68.3 Å². The zero-order valence-electron chi connectivity index (χ0n) is 8.86. The fraction of sp³-hybridized carbons (Fsp3) is 0.300. The van der Waals surface area contributed by atoms with Gasteiger partial charge >= 0.3 is 5.97 Å². The fourth-order valence-corrected chi connectivity index (χ4v) is 1.38. The molecule has 5 nitrogen and oxygen atoms in total. The van der Waals surface area contributed by atoms with Crippen LogP contribution in [0.3, 0.4) is 0 Å². The summed E-state index contributed by atoms with van der Waals surface area (Å²) < 4.78 is 5.05. The summed E-state index contributed by atoms with van der Waals surface area (Å²) in [7, 11) is 1.27. The lowest BCUT2D eigenvalue weighted by Crippen LogP contribution is -2.39. The van der Waals surface area contributed by atoms with Crippen LogP contribution in [0.4, 0.5) is 0 Å². The summed E-state index contributed by atoms with van der Waals surface area (Å²) in [5, 5.41) is 2.48. The summed E-state index contributed by atoms with van der Waals surface area (Å²) in [5.74, 6) is -0.914. The van der Waals surface area contributed by atoms with E-state index in [0.29, 0.717) is 4.60 Å². The summed E-state index contributed by atoms with van der Waals surface area (Å²) in [4.78, 5) is 26.7. The van der Waals surface area contributed by atoms with Crippen LogP contribution >= 0.6 is 15.9 Å². The fourth-order valence-electron chi connectivity index (χ4n) is 1.04. The standard InChI is InChI=1S/C10H11BrN2O3/c1-6(10(15)16-2)12-9(14)7-4-3-5-8(11)13-7/h3-6H,1-2H3,(H,12,14). The number of hydrogen-bond donors (Lipinski definition) is 1. The Labute approximate surface area is 101 Å². The first-order chi connectivity index (χ1) is 7.54. The molecule has 0 saturated heterocycles. The number of amides is 1. The van der Waals surface area contributed by atoms with Crippen molar-refractivity contribution in [3.8, 4) is 0 Å². The second-order valence-corrected chi connectivity index (χ2v) is 3.88. The number of halogens is 1. The lowest BCUT2D eigenvalue weighted by atomic mass is 10.3. The molecule has 0 aliphatic rings. The first kappa shape index (κ1) is 12.6. The van der Waals surface area contributed by atoms with E-state index < -0.39 is 17.9 Å². The second-order valence-electron chi connectivity index (χ2n) is 3.06. The van der Waals surface area contributed by atoms with E-state index in [1.807, 2.05) is 0 Å². The molecule has 6 heteroatoms. The van der Waals surface area contributed by atoms with Crippen molar-refractivity contribution in [3.05, 3.63) is 28.5 Å². The van der Waals surface area contributed by atoms with E-state index in [0.717, 1.165) is 0 Å². The Morgan fingerprint density at radius 2 is 2.19 bits per heavy atom. The summed E-state index contributed by atoms with van der Waals surface area (Å²) in [6, 6.07) is 4.26. The molecule has 0 fully saturated rings. The van der Waals surface area contributed by atoms with Crippen LogP contribution in [0.25, 0.3) is 0 Å². The number of carbonyl (C=O) groups is 2. The van der Waals surface area contributed by atoms with Crippen molar-refractivity contribution in [3.63, 3.8) is 0 Å². The Morgan fingerprint density at radius 3 is 2.75 bits per heavy atom. The quantitative estimate of drug-likeness (QED) is 0.668. The van der Waals surface area contributed by atoms with E-state index >= 15 is 0 Å². The van der Waals surface area contributed by atoms with Gasteiger partial charge in [-0.25, -0.2) is 9.78 Å². The third-order valence-corrected chi connectivity index (χ3v) is 2.29. The third-order valence-electron chi connectivity index (χ3n) is 1.85. The van der Waals surface area contributed by atoms with E-state index in [9.17, 15) is 9.59 Å². The zero-order valence-corrected chi connectivity index (χ0v) is 10.4. The number of aromatic nitrogens is 1. The van der Waals surface area contributed by atoms with Crippen LogP contribution in [0, 0.1) is 0 Å². The van der Waals surface area contributed by atoms with Crippen molar-refractivity contribution < 1.29 is 14.3 Å². The highest BCUT2D eigenvalue weighted by atomic mass is 79.9. The Morgan fingerprint density at radius 1 is 1.50 bits per heavy atom. The molecule has 16 heavy (non-hydrogen) atoms. The Bertz CT molecular complexity index is 409. The molecular weight excluding hydrogens is 276 g/mol. The van der Waals surface area contributed by atoms with Crippen molar-refractivity contribution in [1.29, 1.82) is 0 Å². The van der Waals surface area contributed by atoms with Gasteiger partial charge in [0.05, 0.1) is 7.11 Å². The minimum Gasteiger partial charge on any atom is -0.467 e. The van der Waals surface area contributed by atoms with E-state index in [2.05, 4.69) is 31.0 Å². The summed E-state index contributed by atoms with van der Waals surface area (Å²) in [6.45, 7) is 1.54. The van der Waals surface area contributed by atoms with Gasteiger partial charge in [0.1, 0.15) is 16.3 Å². The van der Waals surface area contributed by atoms with Crippen molar-refractivity contribution in [2.24, 2.45) is 0 Å². The lowest BCUT2D eigenvalue weighted by Gasteiger charge is -2.10. The van der Waals surface area contributed by atoms with Crippen LogP contribution in [0.5, 0.6) is 0 Å². The maximum atomic E-state index is 11.6. The van der Waals surface area contributed by atoms with Crippen LogP contribution in [0.2, 0.25) is 0 Å². The lowest BCUT2D eigenvalue weighted by molar-refractivity contribution is -0.142. The smallest absolute Gasteiger partial charge is 0.328 e. The van der Waals surface area contributed by atoms with Crippen molar-refractivity contribution >= 4 is 27.8 Å². The summed E-state index contributed by atoms with van der Waals surface area (Å²) in [6.07, 6.45) is 0. The van der Waals surface area contributed by atoms with Crippen LogP contribution in [0.15, 0.2) is 22.8 Å². The summed E-state index contributed by atoms with van der Waals surface area (Å²) >= 11 is 3.16. The third kappa shape index (κ3) is 3.30. The SMILES string of the molecule is COC(=O)C(C)NC(=O)c1cccc(Br)n1. The van der Waals surface area contributed by atoms with Crippen molar-refractivity contribution in [2.75, 3.05) is 7.11 Å². The van der Waals surface area contributed by atoms with Crippen LogP contribution < -0.4 is 5.32 Å². The van der Waals surface area contributed by atoms with Gasteiger partial charge in [0, 0.05) is 0 Å². The van der Waals surface area contributed by atoms with E-state index in [1.165, 1.54) is 7.11 Å². The van der Waals surface area contributed by atoms with Gasteiger partial charge in [0.15, 0.2) is 0 Å². The van der Waals surface area contributed by atoms with Crippen molar-refractivity contribution in [2.45, 2.75) is 13.0 Å². The number of ether oxygens (including phenoxy) is 1. The number of nitrogens with zero attached hydrogens (tertiary/aromatic N) is 1. The second kappa shape index (κ2) is 5.60. The highest BCUT2D eigenvalue weighted by Gasteiger charge is 2.17. The molecule has 1 unspecified atom stereocenters. The molecule has 1 rings (SSSR count). The zero-order chi connectivity index (χ0) is 12.1. The number of methoxy groups -OCH3 is 1. The molecule has 0 spiro atoms. The molecule has 0 aliphatic carbocycles. The van der Waals surface area contributed by atoms with Crippen molar-refractivity contribution in [1.82, 2.24) is 10.3 Å². The number of nitrogens with one attached hydrogen (secondary N) is 1. The molecule has 0 aliphatic heterocycles. The minimum absolute atomic E-state index is 0.241. The Hall–Kier alpha value is -1.43. The molecule has 1 atom stereocenters. The van der Waals surface area contributed by atoms with Crippen LogP contribution in [-0.2, 0) is 9.53 Å². The largest absolute Gasteiger partial charge is 0.467 e. The predicted molar refractivity (Wildman–Crippen MR) is 60.9 cm³/mol. The average Bonchev–Trinajstić information content (AvgIpc) is 2.27. The first-order valence-corrected chi connectivity index (χ1v) is 5.35. The molecule has 1 amide bonds. The van der Waals surface area contributed by atoms with Gasteiger partial charge in [-0.3, -0.25) is 4.79 Å². The first-order valence-electron chi connectivity index (χ1n) is 4.56. The molecule has 1 aromatic heterocycles. The molecule has 0 aromatic carbocycles. The number of carbonyl (C=O) groups excluding carboxylic acids is 2. The molecule has 86 valence electrons. The van der Waals surface area contributed by atoms with E-state index in [4.69, 9.17) is 0 Å². The molecule has 1 aromatic rings.